The largest absolute Gasteiger partial charge is 0.394 e. The normalized spacial score (nSPS) is 11.8. The second kappa shape index (κ2) is 8.55. The number of unbranched alkanes of at least 4 members (excludes halogenated alkanes) is 3. The molecule has 21 heavy (non-hydrogen) atoms. The fourth-order valence-electron chi connectivity index (χ4n) is 1.77. The van der Waals surface area contributed by atoms with Crippen molar-refractivity contribution in [1.29, 1.82) is 0 Å². The van der Waals surface area contributed by atoms with Gasteiger partial charge in [0.15, 0.2) is 5.82 Å². The minimum absolute atomic E-state index is 0.221. The third-order valence-electron chi connectivity index (χ3n) is 2.95. The highest BCUT2D eigenvalue weighted by Crippen LogP contribution is 2.22. The van der Waals surface area contributed by atoms with Gasteiger partial charge in [0.1, 0.15) is 16.4 Å². The molecular formula is C13H20F2N2O2S2. The van der Waals surface area contributed by atoms with Crippen molar-refractivity contribution in [1.82, 2.24) is 4.72 Å². The van der Waals surface area contributed by atoms with Crippen LogP contribution in [0.25, 0.3) is 0 Å². The number of hydrogen-bond acceptors (Lipinski definition) is 4. The monoisotopic (exact) mass is 338 g/mol. The summed E-state index contributed by atoms with van der Waals surface area (Å²) >= 11 is 1.78. The van der Waals surface area contributed by atoms with Gasteiger partial charge in [0.25, 0.3) is 0 Å². The number of nitrogens with two attached hydrogens (primary N) is 1. The first-order valence-corrected chi connectivity index (χ1v) is 9.50. The molecule has 1 aromatic carbocycles. The Morgan fingerprint density at radius 1 is 1.19 bits per heavy atom. The zero-order valence-corrected chi connectivity index (χ0v) is 13.5. The van der Waals surface area contributed by atoms with E-state index in [9.17, 15) is 17.2 Å². The number of nitrogen functional groups attached to an aromatic ring is 1. The Bertz CT molecular complexity index is 566. The summed E-state index contributed by atoms with van der Waals surface area (Å²) in [7, 11) is -4.00. The first-order valence-electron chi connectivity index (χ1n) is 6.62. The number of nitrogens with one attached hydrogen (secondary N) is 1. The van der Waals surface area contributed by atoms with Gasteiger partial charge in [-0.2, -0.15) is 11.8 Å². The molecule has 0 aliphatic carbocycles. The molecule has 0 aliphatic rings. The molecule has 0 amide bonds. The molecule has 0 spiro atoms. The number of hydrogen-bond donors (Lipinski definition) is 2. The Hall–Kier alpha value is -0.860. The molecule has 120 valence electrons. The van der Waals surface area contributed by atoms with Crippen molar-refractivity contribution in [2.75, 3.05) is 24.3 Å². The van der Waals surface area contributed by atoms with Crippen molar-refractivity contribution < 1.29 is 17.2 Å². The van der Waals surface area contributed by atoms with Gasteiger partial charge in [-0.3, -0.25) is 0 Å². The first-order chi connectivity index (χ1) is 9.90. The molecule has 0 aromatic heterocycles. The summed E-state index contributed by atoms with van der Waals surface area (Å²) in [4.78, 5) is -0.621. The molecular weight excluding hydrogens is 318 g/mol. The standard InChI is InChI=1S/C13H20F2N2O2S2/c1-20-9-5-3-2-4-8-17-21(18,19)11-7-6-10(14)13(16)12(11)15/h6-7,17H,2-5,8-9,16H2,1H3. The molecule has 1 rings (SSSR count). The molecule has 0 heterocycles. The van der Waals surface area contributed by atoms with Gasteiger partial charge in [0, 0.05) is 6.54 Å². The number of anilines is 1. The van der Waals surface area contributed by atoms with Crippen LogP contribution >= 0.6 is 11.8 Å². The fraction of sp³-hybridized carbons (Fsp3) is 0.538. The number of halogens is 2. The number of rotatable bonds is 9. The lowest BCUT2D eigenvalue weighted by Crippen LogP contribution is -2.26. The summed E-state index contributed by atoms with van der Waals surface area (Å²) in [6.45, 7) is 0.221. The molecule has 0 saturated heterocycles. The lowest BCUT2D eigenvalue weighted by molar-refractivity contribution is 0.545. The number of sulfonamides is 1. The van der Waals surface area contributed by atoms with Crippen molar-refractivity contribution in [2.24, 2.45) is 0 Å². The highest BCUT2D eigenvalue weighted by Gasteiger charge is 2.21. The summed E-state index contributed by atoms with van der Waals surface area (Å²) in [5.74, 6) is -1.13. The van der Waals surface area contributed by atoms with Crippen LogP contribution in [0.5, 0.6) is 0 Å². The van der Waals surface area contributed by atoms with E-state index < -0.39 is 32.2 Å². The zero-order valence-electron chi connectivity index (χ0n) is 11.9. The molecule has 0 aliphatic heterocycles. The van der Waals surface area contributed by atoms with Crippen LogP contribution in [0, 0.1) is 11.6 Å². The summed E-state index contributed by atoms with van der Waals surface area (Å²) in [5, 5.41) is 0. The summed E-state index contributed by atoms with van der Waals surface area (Å²) in [5.41, 5.74) is 4.38. The predicted molar refractivity (Wildman–Crippen MR) is 82.8 cm³/mol. The number of benzene rings is 1. The molecule has 1 aromatic rings. The van der Waals surface area contributed by atoms with Gasteiger partial charge in [-0.05, 0) is 37.0 Å². The third kappa shape index (κ3) is 5.44. The molecule has 3 N–H and O–H groups in total. The Morgan fingerprint density at radius 2 is 1.86 bits per heavy atom. The predicted octanol–water partition coefficient (Wildman–Crippen LogP) is 2.75. The summed E-state index contributed by atoms with van der Waals surface area (Å²) < 4.78 is 52.8. The topological polar surface area (TPSA) is 72.2 Å². The lowest BCUT2D eigenvalue weighted by Gasteiger charge is -2.09. The molecule has 0 bridgehead atoms. The van der Waals surface area contributed by atoms with Crippen molar-refractivity contribution in [3.63, 3.8) is 0 Å². The van der Waals surface area contributed by atoms with Crippen molar-refractivity contribution in [3.05, 3.63) is 23.8 Å². The van der Waals surface area contributed by atoms with E-state index in [1.165, 1.54) is 0 Å². The SMILES string of the molecule is CSCCCCCCNS(=O)(=O)c1ccc(F)c(N)c1F. The Labute approximate surface area is 128 Å². The number of thioether (sulfide) groups is 1. The second-order valence-electron chi connectivity index (χ2n) is 4.58. The van der Waals surface area contributed by atoms with Crippen LogP contribution in [0.4, 0.5) is 14.5 Å². The van der Waals surface area contributed by atoms with E-state index >= 15 is 0 Å². The van der Waals surface area contributed by atoms with Crippen LogP contribution in [0.1, 0.15) is 25.7 Å². The van der Waals surface area contributed by atoms with Crippen molar-refractivity contribution >= 4 is 27.5 Å². The third-order valence-corrected chi connectivity index (χ3v) is 5.12. The van der Waals surface area contributed by atoms with Crippen LogP contribution in [-0.2, 0) is 10.0 Å². The summed E-state index contributed by atoms with van der Waals surface area (Å²) in [6.07, 6.45) is 5.73. The molecule has 0 radical (unpaired) electrons. The van der Waals surface area contributed by atoms with Gasteiger partial charge in [-0.1, -0.05) is 12.8 Å². The quantitative estimate of drug-likeness (QED) is 0.536. The Morgan fingerprint density at radius 3 is 2.52 bits per heavy atom. The van der Waals surface area contributed by atoms with E-state index in [-0.39, 0.29) is 6.54 Å². The van der Waals surface area contributed by atoms with Gasteiger partial charge in [0.05, 0.1) is 0 Å². The molecule has 0 saturated carbocycles. The molecule has 8 heteroatoms. The van der Waals surface area contributed by atoms with Crippen LogP contribution in [0.15, 0.2) is 17.0 Å². The average molecular weight is 338 g/mol. The first kappa shape index (κ1) is 18.2. The minimum Gasteiger partial charge on any atom is -0.394 e. The zero-order chi connectivity index (χ0) is 15.9. The highest BCUT2D eigenvalue weighted by atomic mass is 32.2. The van der Waals surface area contributed by atoms with E-state index in [0.29, 0.717) is 6.42 Å². The Kier molecular flexibility index (Phi) is 7.41. The van der Waals surface area contributed by atoms with E-state index in [0.717, 1.165) is 37.1 Å². The maximum Gasteiger partial charge on any atom is 0.243 e. The molecule has 0 fully saturated rings. The molecule has 0 atom stereocenters. The van der Waals surface area contributed by atoms with Gasteiger partial charge in [-0.15, -0.1) is 0 Å². The van der Waals surface area contributed by atoms with E-state index in [2.05, 4.69) is 4.72 Å². The van der Waals surface area contributed by atoms with E-state index in [1.807, 2.05) is 6.26 Å². The van der Waals surface area contributed by atoms with Crippen molar-refractivity contribution in [2.45, 2.75) is 30.6 Å². The maximum absolute atomic E-state index is 13.7. The van der Waals surface area contributed by atoms with Crippen molar-refractivity contribution in [3.8, 4) is 0 Å². The van der Waals surface area contributed by atoms with Crippen LogP contribution in [0.2, 0.25) is 0 Å². The van der Waals surface area contributed by atoms with Gasteiger partial charge in [-0.25, -0.2) is 21.9 Å². The maximum atomic E-state index is 13.7. The summed E-state index contributed by atoms with van der Waals surface area (Å²) in [6, 6.07) is 1.72. The average Bonchev–Trinajstić information content (AvgIpc) is 2.43. The highest BCUT2D eigenvalue weighted by molar-refractivity contribution is 7.98. The smallest absolute Gasteiger partial charge is 0.243 e. The van der Waals surface area contributed by atoms with Gasteiger partial charge in [0.2, 0.25) is 10.0 Å². The van der Waals surface area contributed by atoms with Gasteiger partial charge < -0.3 is 5.73 Å². The minimum atomic E-state index is -4.00. The fourth-order valence-corrected chi connectivity index (χ4v) is 3.42. The molecule has 4 nitrogen and oxygen atoms in total. The van der Waals surface area contributed by atoms with Crippen LogP contribution in [-0.4, -0.2) is 27.0 Å². The lowest BCUT2D eigenvalue weighted by atomic mass is 10.2. The van der Waals surface area contributed by atoms with Gasteiger partial charge >= 0.3 is 0 Å². The van der Waals surface area contributed by atoms with Crippen LogP contribution in [0.3, 0.4) is 0 Å². The van der Waals surface area contributed by atoms with E-state index in [4.69, 9.17) is 5.73 Å². The van der Waals surface area contributed by atoms with Crippen LogP contribution < -0.4 is 10.5 Å². The Balaban J connectivity index is 2.53. The second-order valence-corrected chi connectivity index (χ2v) is 7.30. The van der Waals surface area contributed by atoms with E-state index in [1.54, 1.807) is 11.8 Å². The molecule has 0 unspecified atom stereocenters.